The molecule has 6 nitrogen and oxygen atoms in total. The van der Waals surface area contributed by atoms with E-state index in [0.717, 1.165) is 16.5 Å². The number of sulfonamides is 1. The SMILES string of the molecule is O=S(=O)(N[C@H]1[C@@H]2C[C@@](O)(c3cc(Cl)cc4cn[nH]c34)C[C@@H]21)c1ccccc1. The fourth-order valence-corrected chi connectivity index (χ4v) is 6.08. The van der Waals surface area contributed by atoms with Gasteiger partial charge in [0, 0.05) is 22.0 Å². The molecule has 0 radical (unpaired) electrons. The number of aromatic amines is 1. The molecule has 1 aromatic heterocycles. The Morgan fingerprint density at radius 1 is 1.19 bits per heavy atom. The highest BCUT2D eigenvalue weighted by Gasteiger charge is 2.62. The smallest absolute Gasteiger partial charge is 0.240 e. The lowest BCUT2D eigenvalue weighted by molar-refractivity contribution is 0.0302. The van der Waals surface area contributed by atoms with Crippen LogP contribution in [0.2, 0.25) is 5.02 Å². The number of halogens is 1. The van der Waals surface area contributed by atoms with Crippen molar-refractivity contribution >= 4 is 32.5 Å². The number of fused-ring (bicyclic) bond motifs is 2. The summed E-state index contributed by atoms with van der Waals surface area (Å²) < 4.78 is 27.8. The molecular weight excluding hydrogens is 386 g/mol. The highest BCUT2D eigenvalue weighted by Crippen LogP contribution is 2.60. The second-order valence-electron chi connectivity index (χ2n) is 7.52. The molecule has 4 atom stereocenters. The maximum absolute atomic E-state index is 12.5. The third-order valence-electron chi connectivity index (χ3n) is 5.84. The first-order valence-corrected chi connectivity index (χ1v) is 10.7. The topological polar surface area (TPSA) is 95.1 Å². The Labute approximate surface area is 161 Å². The molecule has 2 aliphatic rings. The molecule has 0 spiro atoms. The van der Waals surface area contributed by atoms with Gasteiger partial charge in [-0.2, -0.15) is 5.10 Å². The Morgan fingerprint density at radius 2 is 1.89 bits per heavy atom. The van der Waals surface area contributed by atoms with Gasteiger partial charge >= 0.3 is 0 Å². The molecule has 0 saturated heterocycles. The van der Waals surface area contributed by atoms with E-state index in [-0.39, 0.29) is 22.8 Å². The minimum atomic E-state index is -3.54. The number of aromatic nitrogens is 2. The Hall–Kier alpha value is -1.93. The molecule has 0 aliphatic heterocycles. The molecule has 0 amide bonds. The summed E-state index contributed by atoms with van der Waals surface area (Å²) in [6.07, 6.45) is 2.67. The highest BCUT2D eigenvalue weighted by atomic mass is 35.5. The van der Waals surface area contributed by atoms with Crippen LogP contribution in [-0.2, 0) is 15.6 Å². The number of nitrogens with one attached hydrogen (secondary N) is 2. The zero-order valence-corrected chi connectivity index (χ0v) is 15.8. The molecule has 0 bridgehead atoms. The number of benzene rings is 2. The largest absolute Gasteiger partial charge is 0.385 e. The molecule has 8 heteroatoms. The monoisotopic (exact) mass is 403 g/mol. The van der Waals surface area contributed by atoms with Gasteiger partial charge in [-0.1, -0.05) is 29.8 Å². The molecule has 2 saturated carbocycles. The summed E-state index contributed by atoms with van der Waals surface area (Å²) in [6, 6.07) is 11.8. The Bertz CT molecular complexity index is 1120. The lowest BCUT2D eigenvalue weighted by Gasteiger charge is -2.27. The maximum Gasteiger partial charge on any atom is 0.240 e. The highest BCUT2D eigenvalue weighted by molar-refractivity contribution is 7.89. The van der Waals surface area contributed by atoms with Crippen molar-refractivity contribution in [2.24, 2.45) is 11.8 Å². The Kier molecular flexibility index (Phi) is 3.68. The van der Waals surface area contributed by atoms with Crippen LogP contribution in [0, 0.1) is 11.8 Å². The summed E-state index contributed by atoms with van der Waals surface area (Å²) >= 11 is 6.21. The summed E-state index contributed by atoms with van der Waals surface area (Å²) in [4.78, 5) is 0.263. The zero-order valence-electron chi connectivity index (χ0n) is 14.3. The second kappa shape index (κ2) is 5.78. The molecule has 27 heavy (non-hydrogen) atoms. The van der Waals surface area contributed by atoms with E-state index in [9.17, 15) is 13.5 Å². The number of aliphatic hydroxyl groups is 1. The number of rotatable bonds is 4. The van der Waals surface area contributed by atoms with E-state index in [1.54, 1.807) is 48.7 Å². The van der Waals surface area contributed by atoms with Crippen LogP contribution in [0.1, 0.15) is 18.4 Å². The molecule has 3 N–H and O–H groups in total. The van der Waals surface area contributed by atoms with Gasteiger partial charge in [0.05, 0.1) is 22.2 Å². The van der Waals surface area contributed by atoms with Gasteiger partial charge in [0.1, 0.15) is 0 Å². The van der Waals surface area contributed by atoms with E-state index >= 15 is 0 Å². The van der Waals surface area contributed by atoms with Crippen LogP contribution in [0.4, 0.5) is 0 Å². The van der Waals surface area contributed by atoms with Crippen molar-refractivity contribution in [2.75, 3.05) is 0 Å². The third-order valence-corrected chi connectivity index (χ3v) is 7.53. The average molecular weight is 404 g/mol. The Balaban J connectivity index is 1.37. The van der Waals surface area contributed by atoms with Gasteiger partial charge in [0.2, 0.25) is 10.0 Å². The van der Waals surface area contributed by atoms with Gasteiger partial charge in [-0.15, -0.1) is 0 Å². The van der Waals surface area contributed by atoms with Crippen LogP contribution >= 0.6 is 11.6 Å². The van der Waals surface area contributed by atoms with Crippen molar-refractivity contribution in [1.82, 2.24) is 14.9 Å². The Morgan fingerprint density at radius 3 is 2.59 bits per heavy atom. The van der Waals surface area contributed by atoms with E-state index in [1.807, 2.05) is 0 Å². The molecule has 2 fully saturated rings. The van der Waals surface area contributed by atoms with Gasteiger partial charge in [-0.05, 0) is 48.9 Å². The minimum Gasteiger partial charge on any atom is -0.385 e. The lowest BCUT2D eigenvalue weighted by Crippen LogP contribution is -2.33. The van der Waals surface area contributed by atoms with E-state index in [0.29, 0.717) is 17.9 Å². The van der Waals surface area contributed by atoms with Crippen molar-refractivity contribution in [3.8, 4) is 0 Å². The fourth-order valence-electron chi connectivity index (χ4n) is 4.49. The van der Waals surface area contributed by atoms with Crippen molar-refractivity contribution < 1.29 is 13.5 Å². The molecule has 140 valence electrons. The standard InChI is InChI=1S/C19H18ClN3O3S/c20-12-6-11-10-21-22-17(11)16(7-12)19(24)8-14-15(9-19)18(14)23-27(25,26)13-4-2-1-3-5-13/h1-7,10,14-15,18,23-24H,8-9H2,(H,21,22)/t14-,15+,18+,19+. The van der Waals surface area contributed by atoms with Gasteiger partial charge in [0.15, 0.2) is 0 Å². The van der Waals surface area contributed by atoms with E-state index in [2.05, 4.69) is 14.9 Å². The van der Waals surface area contributed by atoms with Gasteiger partial charge in [-0.25, -0.2) is 13.1 Å². The van der Waals surface area contributed by atoms with Gasteiger partial charge in [-0.3, -0.25) is 5.10 Å². The predicted molar refractivity (Wildman–Crippen MR) is 102 cm³/mol. The maximum atomic E-state index is 12.5. The minimum absolute atomic E-state index is 0.116. The van der Waals surface area contributed by atoms with Crippen LogP contribution in [0.5, 0.6) is 0 Å². The molecule has 2 aliphatic carbocycles. The van der Waals surface area contributed by atoms with E-state index in [1.165, 1.54) is 0 Å². The van der Waals surface area contributed by atoms with Crippen molar-refractivity contribution in [3.63, 3.8) is 0 Å². The third kappa shape index (κ3) is 2.77. The quantitative estimate of drug-likeness (QED) is 0.624. The van der Waals surface area contributed by atoms with Crippen LogP contribution in [0.25, 0.3) is 10.9 Å². The van der Waals surface area contributed by atoms with Crippen molar-refractivity contribution in [3.05, 3.63) is 59.2 Å². The summed E-state index contributed by atoms with van der Waals surface area (Å²) in [5, 5.41) is 19.6. The number of hydrogen-bond acceptors (Lipinski definition) is 4. The summed E-state index contributed by atoms with van der Waals surface area (Å²) in [5.41, 5.74) is 0.490. The van der Waals surface area contributed by atoms with E-state index in [4.69, 9.17) is 11.6 Å². The first kappa shape index (κ1) is 17.2. The predicted octanol–water partition coefficient (Wildman–Crippen LogP) is 2.79. The lowest BCUT2D eigenvalue weighted by atomic mass is 9.87. The average Bonchev–Trinajstić information content (AvgIpc) is 3.02. The molecule has 1 heterocycles. The van der Waals surface area contributed by atoms with Gasteiger partial charge in [0.25, 0.3) is 0 Å². The first-order chi connectivity index (χ1) is 12.9. The molecule has 3 aromatic rings. The van der Waals surface area contributed by atoms with Crippen LogP contribution < -0.4 is 4.72 Å². The van der Waals surface area contributed by atoms with E-state index < -0.39 is 15.6 Å². The summed E-state index contributed by atoms with van der Waals surface area (Å²) in [6.45, 7) is 0. The van der Waals surface area contributed by atoms with Crippen LogP contribution in [0.3, 0.4) is 0 Å². The summed E-state index contributed by atoms with van der Waals surface area (Å²) in [7, 11) is -3.54. The number of nitrogens with zero attached hydrogens (tertiary/aromatic N) is 1. The van der Waals surface area contributed by atoms with Crippen molar-refractivity contribution in [1.29, 1.82) is 0 Å². The number of hydrogen-bond donors (Lipinski definition) is 3. The normalized spacial score (nSPS) is 29.8. The zero-order chi connectivity index (χ0) is 18.8. The second-order valence-corrected chi connectivity index (χ2v) is 9.67. The molecular formula is C19H18ClN3O3S. The molecule has 2 aromatic carbocycles. The van der Waals surface area contributed by atoms with Crippen LogP contribution in [-0.4, -0.2) is 29.8 Å². The summed E-state index contributed by atoms with van der Waals surface area (Å²) in [5.74, 6) is 0.232. The van der Waals surface area contributed by atoms with Crippen LogP contribution in [0.15, 0.2) is 53.6 Å². The molecule has 5 rings (SSSR count). The number of H-pyrrole nitrogens is 1. The fraction of sp³-hybridized carbons (Fsp3) is 0.316. The first-order valence-electron chi connectivity index (χ1n) is 8.80. The molecule has 0 unspecified atom stereocenters. The van der Waals surface area contributed by atoms with Gasteiger partial charge < -0.3 is 5.11 Å². The van der Waals surface area contributed by atoms with Crippen molar-refractivity contribution in [2.45, 2.75) is 29.4 Å².